The average Bonchev–Trinajstić information content (AvgIpc) is 3.00. The van der Waals surface area contributed by atoms with Crippen LogP contribution in [-0.2, 0) is 15.3 Å². The number of nitrogens with zero attached hydrogens (tertiary/aromatic N) is 2. The molecule has 0 aromatic heterocycles. The van der Waals surface area contributed by atoms with Crippen molar-refractivity contribution in [3.8, 4) is 0 Å². The van der Waals surface area contributed by atoms with E-state index in [0.717, 1.165) is 37.8 Å². The molecule has 0 aliphatic carbocycles. The smallest absolute Gasteiger partial charge is 0.253 e. The molecular weight excluding hydrogens is 627 g/mol. The first-order chi connectivity index (χ1) is 20.1. The molecule has 0 unspecified atom stereocenters. The van der Waals surface area contributed by atoms with Gasteiger partial charge in [0.2, 0.25) is 0 Å². The minimum atomic E-state index is -3.57. The molecule has 1 atom stereocenters. The number of carbonyl (C=O) groups excluding carboxylic acids is 1. The molecular formula is C33H39Cl3N2O4S. The summed E-state index contributed by atoms with van der Waals surface area (Å²) in [7, 11) is -3.57. The topological polar surface area (TPSA) is 77.9 Å². The molecule has 0 bridgehead atoms. The third-order valence-electron chi connectivity index (χ3n) is 8.89. The lowest BCUT2D eigenvalue weighted by Crippen LogP contribution is -2.50. The largest absolute Gasteiger partial charge is 0.389 e. The van der Waals surface area contributed by atoms with Gasteiger partial charge in [-0.1, -0.05) is 65.7 Å². The summed E-state index contributed by atoms with van der Waals surface area (Å²) in [4.78, 5) is 17.9. The third-order valence-corrected chi connectivity index (χ3v) is 11.5. The van der Waals surface area contributed by atoms with Crippen molar-refractivity contribution in [2.24, 2.45) is 0 Å². The van der Waals surface area contributed by atoms with E-state index in [9.17, 15) is 18.3 Å². The van der Waals surface area contributed by atoms with E-state index >= 15 is 0 Å². The number of benzene rings is 3. The minimum absolute atomic E-state index is 0. The third kappa shape index (κ3) is 8.13. The Hall–Kier alpha value is -2.13. The molecule has 3 aromatic carbocycles. The van der Waals surface area contributed by atoms with Crippen molar-refractivity contribution in [2.45, 2.75) is 54.4 Å². The standard InChI is InChI=1S/C33H38Cl2N2O4S.ClH/c34-29-14-13-27(23-30(29)35)32(16-8-20-37(24-32)31(38)26-9-3-1-4-10-26)15-7-19-36-21-17-33(39,18-22-36)25-42(40,41)28-11-5-2-6-12-28;/h1-6,9-14,23,39H,7-8,15-22,24-25H2;1H/t32-;/m1./s1. The van der Waals surface area contributed by atoms with Gasteiger partial charge >= 0.3 is 0 Å². The molecule has 2 aliphatic heterocycles. The predicted molar refractivity (Wildman–Crippen MR) is 175 cm³/mol. The minimum Gasteiger partial charge on any atom is -0.389 e. The van der Waals surface area contributed by atoms with E-state index in [1.165, 1.54) is 0 Å². The Balaban J connectivity index is 0.00000423. The molecule has 1 N–H and O–H groups in total. The number of carbonyl (C=O) groups is 1. The highest BCUT2D eigenvalue weighted by Gasteiger charge is 2.40. The normalized spacial score (nSPS) is 20.8. The second-order valence-corrected chi connectivity index (χ2v) is 14.7. The number of piperidine rings is 2. The molecule has 3 aromatic rings. The summed E-state index contributed by atoms with van der Waals surface area (Å²) in [5.74, 6) is -0.218. The van der Waals surface area contributed by atoms with Crippen LogP contribution in [0.2, 0.25) is 10.0 Å². The highest BCUT2D eigenvalue weighted by atomic mass is 35.5. The SMILES string of the molecule is Cl.O=C(c1ccccc1)N1CCC[C@@](CCCN2CCC(O)(CS(=O)(=O)c3ccccc3)CC2)(c2ccc(Cl)c(Cl)c2)C1. The van der Waals surface area contributed by atoms with E-state index in [4.69, 9.17) is 23.2 Å². The Kier molecular flexibility index (Phi) is 11.2. The Labute approximate surface area is 271 Å². The van der Waals surface area contributed by atoms with E-state index in [2.05, 4.69) is 4.90 Å². The van der Waals surface area contributed by atoms with Gasteiger partial charge in [-0.25, -0.2) is 8.42 Å². The van der Waals surface area contributed by atoms with Crippen LogP contribution < -0.4 is 0 Å². The van der Waals surface area contributed by atoms with E-state index in [0.29, 0.717) is 54.6 Å². The van der Waals surface area contributed by atoms with Crippen LogP contribution >= 0.6 is 35.6 Å². The molecule has 2 aliphatic rings. The molecule has 2 saturated heterocycles. The second kappa shape index (κ2) is 14.3. The Morgan fingerprint density at radius 1 is 0.860 bits per heavy atom. The van der Waals surface area contributed by atoms with Gasteiger partial charge in [0.15, 0.2) is 9.84 Å². The zero-order valence-corrected chi connectivity index (χ0v) is 27.3. The molecule has 2 heterocycles. The van der Waals surface area contributed by atoms with Gasteiger partial charge in [-0.2, -0.15) is 0 Å². The van der Waals surface area contributed by atoms with E-state index in [-0.39, 0.29) is 34.4 Å². The quantitative estimate of drug-likeness (QED) is 0.276. The first-order valence-electron chi connectivity index (χ1n) is 14.6. The number of hydrogen-bond donors (Lipinski definition) is 1. The highest BCUT2D eigenvalue weighted by molar-refractivity contribution is 7.91. The van der Waals surface area contributed by atoms with Gasteiger partial charge in [0.05, 0.1) is 26.3 Å². The lowest BCUT2D eigenvalue weighted by Gasteiger charge is -2.44. The summed E-state index contributed by atoms with van der Waals surface area (Å²) in [6, 6.07) is 23.6. The maximum atomic E-state index is 13.4. The first kappa shape index (κ1) is 33.8. The van der Waals surface area contributed by atoms with Gasteiger partial charge in [-0.05, 0) is 87.0 Å². The van der Waals surface area contributed by atoms with E-state index in [1.807, 2.05) is 53.4 Å². The summed E-state index contributed by atoms with van der Waals surface area (Å²) in [5.41, 5.74) is 0.310. The molecule has 5 rings (SSSR count). The van der Waals surface area contributed by atoms with E-state index in [1.54, 1.807) is 30.3 Å². The maximum Gasteiger partial charge on any atom is 0.253 e. The van der Waals surface area contributed by atoms with Crippen molar-refractivity contribution in [3.05, 3.63) is 100 Å². The molecule has 0 radical (unpaired) electrons. The monoisotopic (exact) mass is 664 g/mol. The fraction of sp³-hybridized carbons (Fsp3) is 0.424. The number of aliphatic hydroxyl groups is 1. The number of rotatable bonds is 9. The zero-order chi connectivity index (χ0) is 29.8. The molecule has 232 valence electrons. The lowest BCUT2D eigenvalue weighted by molar-refractivity contribution is -0.00334. The van der Waals surface area contributed by atoms with Crippen molar-refractivity contribution in [1.29, 1.82) is 0 Å². The van der Waals surface area contributed by atoms with Crippen molar-refractivity contribution in [2.75, 3.05) is 38.5 Å². The van der Waals surface area contributed by atoms with Crippen LogP contribution in [-0.4, -0.2) is 73.3 Å². The summed E-state index contributed by atoms with van der Waals surface area (Å²) in [6.45, 7) is 3.43. The molecule has 1 amide bonds. The van der Waals surface area contributed by atoms with Gasteiger partial charge < -0.3 is 14.9 Å². The molecule has 2 fully saturated rings. The van der Waals surface area contributed by atoms with Crippen LogP contribution in [0.1, 0.15) is 54.4 Å². The Morgan fingerprint density at radius 2 is 1.51 bits per heavy atom. The van der Waals surface area contributed by atoms with Gasteiger partial charge in [0.25, 0.3) is 5.91 Å². The van der Waals surface area contributed by atoms with Gasteiger partial charge in [0, 0.05) is 37.2 Å². The zero-order valence-electron chi connectivity index (χ0n) is 24.1. The number of halogens is 3. The molecule has 0 saturated carbocycles. The number of amides is 1. The van der Waals surface area contributed by atoms with Crippen molar-refractivity contribution < 1.29 is 18.3 Å². The summed E-state index contributed by atoms with van der Waals surface area (Å²) in [6.07, 6.45) is 4.43. The Morgan fingerprint density at radius 3 is 2.16 bits per heavy atom. The van der Waals surface area contributed by atoms with Gasteiger partial charge in [-0.15, -0.1) is 12.4 Å². The molecule has 0 spiro atoms. The fourth-order valence-corrected chi connectivity index (χ4v) is 8.55. The van der Waals surface area contributed by atoms with Crippen molar-refractivity contribution in [3.63, 3.8) is 0 Å². The maximum absolute atomic E-state index is 13.4. The lowest BCUT2D eigenvalue weighted by atomic mass is 9.71. The number of hydrogen-bond acceptors (Lipinski definition) is 5. The fourth-order valence-electron chi connectivity index (χ4n) is 6.52. The average molecular weight is 666 g/mol. The predicted octanol–water partition coefficient (Wildman–Crippen LogP) is 6.67. The second-order valence-electron chi connectivity index (χ2n) is 11.8. The van der Waals surface area contributed by atoms with E-state index < -0.39 is 15.4 Å². The molecule has 43 heavy (non-hydrogen) atoms. The first-order valence-corrected chi connectivity index (χ1v) is 17.0. The summed E-state index contributed by atoms with van der Waals surface area (Å²) >= 11 is 12.7. The summed E-state index contributed by atoms with van der Waals surface area (Å²) < 4.78 is 25.8. The summed E-state index contributed by atoms with van der Waals surface area (Å²) in [5, 5.41) is 12.2. The van der Waals surface area contributed by atoms with Crippen LogP contribution in [0.3, 0.4) is 0 Å². The van der Waals surface area contributed by atoms with Crippen LogP contribution in [0.4, 0.5) is 0 Å². The van der Waals surface area contributed by atoms with Crippen LogP contribution in [0, 0.1) is 0 Å². The van der Waals surface area contributed by atoms with Crippen molar-refractivity contribution in [1.82, 2.24) is 9.80 Å². The van der Waals surface area contributed by atoms with Gasteiger partial charge in [-0.3, -0.25) is 4.79 Å². The molecule has 10 heteroatoms. The number of likely N-dealkylation sites (tertiary alicyclic amines) is 2. The van der Waals surface area contributed by atoms with Crippen LogP contribution in [0.25, 0.3) is 0 Å². The molecule has 6 nitrogen and oxygen atoms in total. The van der Waals surface area contributed by atoms with Crippen molar-refractivity contribution >= 4 is 51.4 Å². The van der Waals surface area contributed by atoms with Gasteiger partial charge in [0.1, 0.15) is 0 Å². The van der Waals surface area contributed by atoms with Crippen LogP contribution in [0.5, 0.6) is 0 Å². The number of sulfone groups is 1. The van der Waals surface area contributed by atoms with Crippen LogP contribution in [0.15, 0.2) is 83.8 Å². The highest BCUT2D eigenvalue weighted by Crippen LogP contribution is 2.41. The Bertz CT molecular complexity index is 1480.